The number of halogens is 3. The van der Waals surface area contributed by atoms with E-state index in [1.54, 1.807) is 0 Å². The van der Waals surface area contributed by atoms with Crippen LogP contribution in [-0.2, 0) is 29.0 Å². The fraction of sp³-hybridized carbons (Fsp3) is 0.692. The molecule has 2 saturated heterocycles. The Balaban J connectivity index is 2.38. The molecule has 0 aromatic carbocycles. The molecule has 152 valence electrons. The molecule has 14 heteroatoms. The predicted molar refractivity (Wildman–Crippen MR) is 80.7 cm³/mol. The number of alkyl halides is 3. The first-order chi connectivity index (χ1) is 12.0. The highest BCUT2D eigenvalue weighted by Gasteiger charge is 2.73. The van der Waals surface area contributed by atoms with E-state index in [4.69, 9.17) is 5.11 Å². The summed E-state index contributed by atoms with van der Waals surface area (Å²) >= 11 is 0. The van der Waals surface area contributed by atoms with Gasteiger partial charge in [0.1, 0.15) is 18.6 Å². The van der Waals surface area contributed by atoms with Crippen molar-refractivity contribution in [3.63, 3.8) is 0 Å². The molecule has 2 aliphatic rings. The van der Waals surface area contributed by atoms with Crippen molar-refractivity contribution in [2.75, 3.05) is 13.6 Å². The number of fused-ring (bicyclic) bond motifs is 1. The number of carbonyl (C=O) groups is 4. The Hall–Kier alpha value is -2.38. The maximum atomic E-state index is 12.7. The van der Waals surface area contributed by atoms with Crippen molar-refractivity contribution in [2.24, 2.45) is 0 Å². The standard InChI is InChI=1S/C13H16F3N3O7S/c1-12(2)7(9(23)18(3)4-5(20)21)19-8(22)6(10(19)27(12,25)26)17-11(24)13(14,15)16/h6-7,10H,4H2,1-3H3,(H,17,24)(H,20,21)/t6-,7+,10-/m1/s1. The lowest BCUT2D eigenvalue weighted by Crippen LogP contribution is -2.73. The van der Waals surface area contributed by atoms with Gasteiger partial charge in [-0.05, 0) is 13.8 Å². The largest absolute Gasteiger partial charge is 0.480 e. The van der Waals surface area contributed by atoms with Crippen LogP contribution in [0.2, 0.25) is 0 Å². The number of sulfone groups is 1. The fourth-order valence-electron chi connectivity index (χ4n) is 3.15. The smallest absolute Gasteiger partial charge is 0.471 e. The number of aliphatic carboxylic acids is 1. The average molecular weight is 415 g/mol. The van der Waals surface area contributed by atoms with Crippen molar-refractivity contribution < 1.29 is 45.9 Å². The minimum Gasteiger partial charge on any atom is -0.480 e. The quantitative estimate of drug-likeness (QED) is 0.523. The van der Waals surface area contributed by atoms with Crippen LogP contribution in [0.15, 0.2) is 0 Å². The first-order valence-corrected chi connectivity index (χ1v) is 9.00. The average Bonchev–Trinajstić information content (AvgIpc) is 2.63. The highest BCUT2D eigenvalue weighted by molar-refractivity contribution is 7.94. The summed E-state index contributed by atoms with van der Waals surface area (Å²) in [6.45, 7) is 1.44. The molecule has 0 aliphatic carbocycles. The molecule has 27 heavy (non-hydrogen) atoms. The molecular weight excluding hydrogens is 399 g/mol. The number of carbonyl (C=O) groups excluding carboxylic acids is 3. The highest BCUT2D eigenvalue weighted by atomic mass is 32.2. The van der Waals surface area contributed by atoms with Gasteiger partial charge in [-0.2, -0.15) is 13.2 Å². The number of carboxylic acids is 1. The van der Waals surface area contributed by atoms with Crippen LogP contribution >= 0.6 is 0 Å². The van der Waals surface area contributed by atoms with Crippen molar-refractivity contribution in [2.45, 2.75) is 42.2 Å². The van der Waals surface area contributed by atoms with E-state index in [9.17, 15) is 40.8 Å². The van der Waals surface area contributed by atoms with Gasteiger partial charge >= 0.3 is 18.1 Å². The third kappa shape index (κ3) is 3.00. The number of rotatable bonds is 4. The lowest BCUT2D eigenvalue weighted by atomic mass is 9.94. The normalized spacial score (nSPS) is 28.1. The molecule has 2 rings (SSSR count). The van der Waals surface area contributed by atoms with Gasteiger partial charge in [0.05, 0.1) is 4.75 Å². The van der Waals surface area contributed by atoms with Crippen LogP contribution < -0.4 is 5.32 Å². The molecule has 3 atom stereocenters. The molecule has 0 bridgehead atoms. The van der Waals surface area contributed by atoms with Crippen LogP contribution in [0.3, 0.4) is 0 Å². The van der Waals surface area contributed by atoms with Gasteiger partial charge in [-0.3, -0.25) is 19.2 Å². The number of amides is 3. The summed E-state index contributed by atoms with van der Waals surface area (Å²) in [6.07, 6.45) is -5.32. The highest BCUT2D eigenvalue weighted by Crippen LogP contribution is 2.46. The van der Waals surface area contributed by atoms with Crippen molar-refractivity contribution >= 4 is 33.5 Å². The number of carboxylic acid groups (broad SMARTS) is 1. The van der Waals surface area contributed by atoms with Gasteiger partial charge in [0.15, 0.2) is 15.2 Å². The molecular formula is C13H16F3N3O7S. The van der Waals surface area contributed by atoms with Crippen LogP contribution in [0.1, 0.15) is 13.8 Å². The van der Waals surface area contributed by atoms with Gasteiger partial charge in [0.25, 0.3) is 0 Å². The third-order valence-electron chi connectivity index (χ3n) is 4.59. The first-order valence-electron chi connectivity index (χ1n) is 7.45. The van der Waals surface area contributed by atoms with Gasteiger partial charge in [-0.1, -0.05) is 0 Å². The Kier molecular flexibility index (Phi) is 4.70. The fourth-order valence-corrected chi connectivity index (χ4v) is 5.37. The van der Waals surface area contributed by atoms with Crippen LogP contribution in [-0.4, -0.2) is 89.0 Å². The minimum absolute atomic E-state index is 0.581. The summed E-state index contributed by atoms with van der Waals surface area (Å²) in [6, 6.07) is -3.62. The van der Waals surface area contributed by atoms with E-state index in [1.165, 1.54) is 5.32 Å². The van der Waals surface area contributed by atoms with Gasteiger partial charge in [-0.25, -0.2) is 8.42 Å². The molecule has 10 nitrogen and oxygen atoms in total. The Morgan fingerprint density at radius 2 is 1.81 bits per heavy atom. The first kappa shape index (κ1) is 20.9. The lowest BCUT2D eigenvalue weighted by Gasteiger charge is -2.43. The maximum Gasteiger partial charge on any atom is 0.471 e. The van der Waals surface area contributed by atoms with Crippen molar-refractivity contribution in [1.82, 2.24) is 15.1 Å². The molecule has 0 spiro atoms. The molecule has 2 heterocycles. The van der Waals surface area contributed by atoms with Gasteiger partial charge in [-0.15, -0.1) is 0 Å². The predicted octanol–water partition coefficient (Wildman–Crippen LogP) is -1.68. The Morgan fingerprint density at radius 3 is 2.26 bits per heavy atom. The van der Waals surface area contributed by atoms with Crippen LogP contribution in [0, 0.1) is 0 Å². The van der Waals surface area contributed by atoms with Crippen LogP contribution in [0.4, 0.5) is 13.2 Å². The maximum absolute atomic E-state index is 12.7. The number of hydrogen-bond donors (Lipinski definition) is 2. The summed E-state index contributed by atoms with van der Waals surface area (Å²) in [5, 5.41) is 8.25. The van der Waals surface area contributed by atoms with Crippen LogP contribution in [0.25, 0.3) is 0 Å². The van der Waals surface area contributed by atoms with Crippen LogP contribution in [0.5, 0.6) is 0 Å². The number of β-lactam (4-membered cyclic amide) rings is 1. The molecule has 0 unspecified atom stereocenters. The van der Waals surface area contributed by atoms with Crippen molar-refractivity contribution in [3.05, 3.63) is 0 Å². The second kappa shape index (κ2) is 6.07. The molecule has 2 N–H and O–H groups in total. The Bertz CT molecular complexity index is 824. The molecule has 0 radical (unpaired) electrons. The zero-order chi connectivity index (χ0) is 21.1. The van der Waals surface area contributed by atoms with E-state index in [0.717, 1.165) is 20.9 Å². The molecule has 3 amide bonds. The van der Waals surface area contributed by atoms with E-state index in [2.05, 4.69) is 0 Å². The SMILES string of the molecule is CN(CC(=O)O)C(=O)[C@@H]1N2C(=O)[C@@H](NC(=O)C(F)(F)F)[C@H]2S(=O)(=O)C1(C)C. The molecule has 2 fully saturated rings. The zero-order valence-electron chi connectivity index (χ0n) is 14.3. The molecule has 0 aromatic rings. The second-order valence-corrected chi connectivity index (χ2v) is 9.35. The molecule has 2 aliphatic heterocycles. The summed E-state index contributed by atoms with van der Waals surface area (Å²) in [7, 11) is -3.28. The Morgan fingerprint density at radius 1 is 1.30 bits per heavy atom. The minimum atomic E-state index is -5.32. The number of likely N-dealkylation sites (N-methyl/N-ethyl adjacent to an activating group) is 1. The summed E-state index contributed by atoms with van der Waals surface area (Å²) in [5.41, 5.74) is 0. The van der Waals surface area contributed by atoms with Gasteiger partial charge in [0.2, 0.25) is 11.8 Å². The third-order valence-corrected chi connectivity index (χ3v) is 7.42. The van der Waals surface area contributed by atoms with Crippen molar-refractivity contribution in [3.8, 4) is 0 Å². The topological polar surface area (TPSA) is 141 Å². The number of nitrogens with one attached hydrogen (secondary N) is 1. The van der Waals surface area contributed by atoms with E-state index in [-0.39, 0.29) is 0 Å². The molecule has 0 saturated carbocycles. The number of nitrogens with zero attached hydrogens (tertiary/aromatic N) is 2. The summed E-state index contributed by atoms with van der Waals surface area (Å²) in [5.74, 6) is -6.03. The van der Waals surface area contributed by atoms with E-state index >= 15 is 0 Å². The monoisotopic (exact) mass is 415 g/mol. The van der Waals surface area contributed by atoms with E-state index < -0.39 is 68.5 Å². The zero-order valence-corrected chi connectivity index (χ0v) is 15.1. The lowest BCUT2D eigenvalue weighted by molar-refractivity contribution is -0.178. The molecule has 0 aromatic heterocycles. The number of hydrogen-bond acceptors (Lipinski definition) is 6. The van der Waals surface area contributed by atoms with Crippen molar-refractivity contribution in [1.29, 1.82) is 0 Å². The Labute approximate surface area is 151 Å². The summed E-state index contributed by atoms with van der Waals surface area (Å²) in [4.78, 5) is 47.9. The second-order valence-electron chi connectivity index (χ2n) is 6.72. The van der Waals surface area contributed by atoms with Gasteiger partial charge in [0, 0.05) is 7.05 Å². The summed E-state index contributed by atoms with van der Waals surface area (Å²) < 4.78 is 60.8. The van der Waals surface area contributed by atoms with E-state index in [0.29, 0.717) is 9.80 Å². The van der Waals surface area contributed by atoms with E-state index in [1.807, 2.05) is 0 Å². The van der Waals surface area contributed by atoms with Gasteiger partial charge < -0.3 is 20.2 Å².